The first-order valence-electron chi connectivity index (χ1n) is 6.10. The van der Waals surface area contributed by atoms with Crippen LogP contribution in [0.5, 0.6) is 0 Å². The minimum atomic E-state index is -3.05. The van der Waals surface area contributed by atoms with Crippen molar-refractivity contribution in [1.29, 1.82) is 0 Å². The topological polar surface area (TPSA) is 61.4 Å². The molecule has 16 heavy (non-hydrogen) atoms. The Morgan fingerprint density at radius 2 is 1.88 bits per heavy atom. The van der Waals surface area contributed by atoms with Gasteiger partial charge in [-0.3, -0.25) is 0 Å². The second-order valence-corrected chi connectivity index (χ2v) is 6.59. The fourth-order valence-electron chi connectivity index (χ4n) is 2.35. The van der Waals surface area contributed by atoms with E-state index in [0.29, 0.717) is 13.1 Å². The summed E-state index contributed by atoms with van der Waals surface area (Å²) in [6, 6.07) is 0.161. The highest BCUT2D eigenvalue weighted by molar-refractivity contribution is 7.89. The van der Waals surface area contributed by atoms with Gasteiger partial charge in [0.2, 0.25) is 10.0 Å². The van der Waals surface area contributed by atoms with Crippen LogP contribution in [0.2, 0.25) is 0 Å². The molecule has 2 N–H and O–H groups in total. The van der Waals surface area contributed by atoms with E-state index in [4.69, 9.17) is 0 Å². The van der Waals surface area contributed by atoms with E-state index < -0.39 is 10.0 Å². The smallest absolute Gasteiger partial charge is 0.215 e. The van der Waals surface area contributed by atoms with Gasteiger partial charge in [0.15, 0.2) is 0 Å². The molecule has 0 aromatic rings. The molecular weight excluding hydrogens is 226 g/mol. The number of piperidine rings is 1. The molecule has 1 unspecified atom stereocenters. The molecule has 6 heteroatoms. The number of hydrogen-bond donors (Lipinski definition) is 2. The van der Waals surface area contributed by atoms with Gasteiger partial charge in [-0.2, -0.15) is 4.31 Å². The molecule has 0 amide bonds. The molecule has 0 aromatic heterocycles. The highest BCUT2D eigenvalue weighted by Gasteiger charge is 2.27. The lowest BCUT2D eigenvalue weighted by Gasteiger charge is -2.30. The predicted octanol–water partition coefficient (Wildman–Crippen LogP) is -0.636. The molecule has 2 fully saturated rings. The molecule has 0 radical (unpaired) electrons. The summed E-state index contributed by atoms with van der Waals surface area (Å²) in [6.45, 7) is 3.75. The second-order valence-electron chi connectivity index (χ2n) is 4.57. The van der Waals surface area contributed by atoms with E-state index in [1.165, 1.54) is 6.42 Å². The van der Waals surface area contributed by atoms with Gasteiger partial charge in [-0.25, -0.2) is 8.42 Å². The van der Waals surface area contributed by atoms with Gasteiger partial charge in [0.05, 0.1) is 5.75 Å². The largest absolute Gasteiger partial charge is 0.314 e. The Morgan fingerprint density at radius 1 is 1.12 bits per heavy atom. The lowest BCUT2D eigenvalue weighted by molar-refractivity contribution is 0.352. The van der Waals surface area contributed by atoms with E-state index >= 15 is 0 Å². The fraction of sp³-hybridized carbons (Fsp3) is 1.00. The molecule has 5 nitrogen and oxygen atoms in total. The van der Waals surface area contributed by atoms with Crippen molar-refractivity contribution >= 4 is 10.0 Å². The molecule has 2 rings (SSSR count). The first-order chi connectivity index (χ1) is 7.68. The average Bonchev–Trinajstić information content (AvgIpc) is 2.31. The monoisotopic (exact) mass is 247 g/mol. The maximum atomic E-state index is 12.1. The summed E-state index contributed by atoms with van der Waals surface area (Å²) < 4.78 is 25.8. The Kier molecular flexibility index (Phi) is 4.18. The molecule has 0 bridgehead atoms. The SMILES string of the molecule is O=S(=O)(CC1CCCCN1)N1CCNCC1. The van der Waals surface area contributed by atoms with Crippen LogP contribution in [0, 0.1) is 0 Å². The van der Waals surface area contributed by atoms with Crippen LogP contribution in [0.1, 0.15) is 19.3 Å². The summed E-state index contributed by atoms with van der Waals surface area (Å²) in [7, 11) is -3.05. The Hall–Kier alpha value is -0.170. The van der Waals surface area contributed by atoms with Crippen molar-refractivity contribution in [2.75, 3.05) is 38.5 Å². The van der Waals surface area contributed by atoms with Gasteiger partial charge >= 0.3 is 0 Å². The molecule has 0 aromatic carbocycles. The van der Waals surface area contributed by atoms with Gasteiger partial charge in [-0.1, -0.05) is 6.42 Å². The minimum Gasteiger partial charge on any atom is -0.314 e. The van der Waals surface area contributed by atoms with Crippen LogP contribution in [0.15, 0.2) is 0 Å². The molecule has 2 aliphatic rings. The van der Waals surface area contributed by atoms with Gasteiger partial charge < -0.3 is 10.6 Å². The van der Waals surface area contributed by atoms with Crippen molar-refractivity contribution in [3.8, 4) is 0 Å². The summed E-state index contributed by atoms with van der Waals surface area (Å²) in [6.07, 6.45) is 3.31. The number of rotatable bonds is 3. The zero-order chi connectivity index (χ0) is 11.4. The standard InChI is InChI=1S/C10H21N3O2S/c14-16(15,13-7-5-11-6-8-13)9-10-3-1-2-4-12-10/h10-12H,1-9H2. The van der Waals surface area contributed by atoms with E-state index in [-0.39, 0.29) is 11.8 Å². The van der Waals surface area contributed by atoms with Gasteiger partial charge in [0.25, 0.3) is 0 Å². The Bertz CT molecular complexity index is 306. The first-order valence-corrected chi connectivity index (χ1v) is 7.71. The highest BCUT2D eigenvalue weighted by atomic mass is 32.2. The van der Waals surface area contributed by atoms with E-state index in [9.17, 15) is 8.42 Å². The van der Waals surface area contributed by atoms with Crippen LogP contribution in [-0.2, 0) is 10.0 Å². The van der Waals surface area contributed by atoms with Crippen molar-refractivity contribution in [1.82, 2.24) is 14.9 Å². The second kappa shape index (κ2) is 5.44. The van der Waals surface area contributed by atoms with Crippen LogP contribution in [0.25, 0.3) is 0 Å². The zero-order valence-corrected chi connectivity index (χ0v) is 10.4. The summed E-state index contributed by atoms with van der Waals surface area (Å²) in [5, 5.41) is 6.46. The molecule has 0 aliphatic carbocycles. The molecule has 2 aliphatic heterocycles. The third-order valence-corrected chi connectivity index (χ3v) is 5.27. The van der Waals surface area contributed by atoms with Gasteiger partial charge in [-0.05, 0) is 19.4 Å². The van der Waals surface area contributed by atoms with Crippen LogP contribution in [0.3, 0.4) is 0 Å². The number of nitrogens with zero attached hydrogens (tertiary/aromatic N) is 1. The third kappa shape index (κ3) is 3.16. The van der Waals surface area contributed by atoms with Gasteiger partial charge in [0, 0.05) is 32.2 Å². The lowest BCUT2D eigenvalue weighted by Crippen LogP contribution is -2.50. The predicted molar refractivity (Wildman–Crippen MR) is 63.9 cm³/mol. The lowest BCUT2D eigenvalue weighted by atomic mass is 10.1. The van der Waals surface area contributed by atoms with E-state index in [0.717, 1.165) is 32.5 Å². The number of hydrogen-bond acceptors (Lipinski definition) is 4. The summed E-state index contributed by atoms with van der Waals surface area (Å²) in [5.41, 5.74) is 0. The minimum absolute atomic E-state index is 0.161. The zero-order valence-electron chi connectivity index (χ0n) is 9.61. The Balaban J connectivity index is 1.90. The molecule has 94 valence electrons. The van der Waals surface area contributed by atoms with Crippen molar-refractivity contribution in [3.05, 3.63) is 0 Å². The van der Waals surface area contributed by atoms with E-state index in [1.54, 1.807) is 4.31 Å². The maximum absolute atomic E-state index is 12.1. The number of nitrogens with one attached hydrogen (secondary N) is 2. The molecule has 2 heterocycles. The average molecular weight is 247 g/mol. The maximum Gasteiger partial charge on any atom is 0.215 e. The van der Waals surface area contributed by atoms with Crippen molar-refractivity contribution in [2.45, 2.75) is 25.3 Å². The van der Waals surface area contributed by atoms with Crippen molar-refractivity contribution < 1.29 is 8.42 Å². The van der Waals surface area contributed by atoms with E-state index in [2.05, 4.69) is 10.6 Å². The van der Waals surface area contributed by atoms with E-state index in [1.807, 2.05) is 0 Å². The van der Waals surface area contributed by atoms with Crippen molar-refractivity contribution in [2.24, 2.45) is 0 Å². The highest BCUT2D eigenvalue weighted by Crippen LogP contribution is 2.12. The van der Waals surface area contributed by atoms with Crippen LogP contribution < -0.4 is 10.6 Å². The van der Waals surface area contributed by atoms with Gasteiger partial charge in [-0.15, -0.1) is 0 Å². The quantitative estimate of drug-likeness (QED) is 0.697. The molecule has 2 saturated heterocycles. The summed E-state index contributed by atoms with van der Waals surface area (Å²) >= 11 is 0. The molecule has 1 atom stereocenters. The molecule has 0 spiro atoms. The summed E-state index contributed by atoms with van der Waals surface area (Å²) in [5.74, 6) is 0.271. The Morgan fingerprint density at radius 3 is 2.50 bits per heavy atom. The van der Waals surface area contributed by atoms with Crippen LogP contribution in [-0.4, -0.2) is 57.2 Å². The molecular formula is C10H21N3O2S. The first kappa shape index (κ1) is 12.3. The fourth-order valence-corrected chi connectivity index (χ4v) is 4.09. The molecule has 0 saturated carbocycles. The number of piperazine rings is 1. The third-order valence-electron chi connectivity index (χ3n) is 3.29. The van der Waals surface area contributed by atoms with Gasteiger partial charge in [0.1, 0.15) is 0 Å². The normalized spacial score (nSPS) is 29.1. The van der Waals surface area contributed by atoms with Crippen LogP contribution >= 0.6 is 0 Å². The summed E-state index contributed by atoms with van der Waals surface area (Å²) in [4.78, 5) is 0. The van der Waals surface area contributed by atoms with Crippen LogP contribution in [0.4, 0.5) is 0 Å². The Labute approximate surface area is 97.6 Å². The number of sulfonamides is 1. The van der Waals surface area contributed by atoms with Crippen molar-refractivity contribution in [3.63, 3.8) is 0 Å².